The van der Waals surface area contributed by atoms with Gasteiger partial charge in [-0.05, 0) is 55.6 Å². The lowest BCUT2D eigenvalue weighted by atomic mass is 9.92. The van der Waals surface area contributed by atoms with Gasteiger partial charge in [0.15, 0.2) is 5.11 Å². The molecule has 0 bridgehead atoms. The number of piperidine rings is 1. The van der Waals surface area contributed by atoms with Crippen molar-refractivity contribution in [2.45, 2.75) is 26.7 Å². The molecule has 2 N–H and O–H groups in total. The number of anilines is 1. The van der Waals surface area contributed by atoms with Crippen molar-refractivity contribution in [3.05, 3.63) is 18.2 Å². The first-order valence-electron chi connectivity index (χ1n) is 9.01. The van der Waals surface area contributed by atoms with Crippen LogP contribution in [0.1, 0.15) is 26.7 Å². The molecule has 1 aliphatic heterocycles. The van der Waals surface area contributed by atoms with Crippen molar-refractivity contribution in [3.63, 3.8) is 0 Å². The molecule has 1 saturated heterocycles. The number of thiocarbonyl (C=S) groups is 1. The fourth-order valence-electron chi connectivity index (χ4n) is 3.55. The third kappa shape index (κ3) is 6.36. The Morgan fingerprint density at radius 3 is 2.56 bits per heavy atom. The highest BCUT2D eigenvalue weighted by Crippen LogP contribution is 2.28. The summed E-state index contributed by atoms with van der Waals surface area (Å²) in [6.45, 7) is 9.12. The van der Waals surface area contributed by atoms with Gasteiger partial charge >= 0.3 is 0 Å². The molecule has 1 fully saturated rings. The van der Waals surface area contributed by atoms with E-state index < -0.39 is 0 Å². The van der Waals surface area contributed by atoms with Gasteiger partial charge in [-0.25, -0.2) is 0 Å². The Bertz CT molecular complexity index is 558. The second-order valence-electron chi connectivity index (χ2n) is 7.01. The quantitative estimate of drug-likeness (QED) is 0.571. The summed E-state index contributed by atoms with van der Waals surface area (Å²) in [7, 11) is 3.27. The second-order valence-corrected chi connectivity index (χ2v) is 7.41. The van der Waals surface area contributed by atoms with Gasteiger partial charge in [0, 0.05) is 25.7 Å². The van der Waals surface area contributed by atoms with E-state index in [1.165, 1.54) is 19.5 Å². The number of rotatable bonds is 7. The van der Waals surface area contributed by atoms with Gasteiger partial charge in [0.05, 0.1) is 19.9 Å². The first kappa shape index (κ1) is 19.8. The number of hydrogen-bond donors (Lipinski definition) is 2. The minimum Gasteiger partial charge on any atom is -0.497 e. The van der Waals surface area contributed by atoms with Crippen LogP contribution < -0.4 is 20.1 Å². The highest BCUT2D eigenvalue weighted by Gasteiger charge is 2.20. The molecular formula is C19H31N3O2S. The summed E-state index contributed by atoms with van der Waals surface area (Å²) in [5.41, 5.74) is 0.833. The maximum absolute atomic E-state index is 5.39. The summed E-state index contributed by atoms with van der Waals surface area (Å²) in [5, 5.41) is 7.09. The van der Waals surface area contributed by atoms with Gasteiger partial charge in [-0.2, -0.15) is 0 Å². The molecule has 25 heavy (non-hydrogen) atoms. The average Bonchev–Trinajstić information content (AvgIpc) is 2.58. The highest BCUT2D eigenvalue weighted by atomic mass is 32.1. The number of nitrogens with zero attached hydrogens (tertiary/aromatic N) is 1. The summed E-state index contributed by atoms with van der Waals surface area (Å²) in [6, 6.07) is 5.62. The van der Waals surface area contributed by atoms with Crippen molar-refractivity contribution in [1.82, 2.24) is 10.2 Å². The van der Waals surface area contributed by atoms with E-state index in [-0.39, 0.29) is 0 Å². The summed E-state index contributed by atoms with van der Waals surface area (Å²) in [5.74, 6) is 3.08. The fourth-order valence-corrected chi connectivity index (χ4v) is 3.76. The number of ether oxygens (including phenoxy) is 2. The number of nitrogens with one attached hydrogen (secondary N) is 2. The molecule has 0 radical (unpaired) electrons. The maximum atomic E-state index is 5.39. The predicted molar refractivity (Wildman–Crippen MR) is 108 cm³/mol. The molecule has 140 valence electrons. The van der Waals surface area contributed by atoms with Crippen LogP contribution in [0, 0.1) is 11.8 Å². The molecule has 0 unspecified atom stereocenters. The number of benzene rings is 1. The molecule has 0 amide bonds. The van der Waals surface area contributed by atoms with Gasteiger partial charge in [-0.1, -0.05) is 13.8 Å². The molecule has 6 heteroatoms. The summed E-state index contributed by atoms with van der Waals surface area (Å²) in [6.07, 6.45) is 2.44. The van der Waals surface area contributed by atoms with Gasteiger partial charge < -0.3 is 25.0 Å². The molecule has 0 aliphatic carbocycles. The van der Waals surface area contributed by atoms with Crippen molar-refractivity contribution in [2.24, 2.45) is 11.8 Å². The Morgan fingerprint density at radius 2 is 1.92 bits per heavy atom. The Kier molecular flexibility index (Phi) is 7.78. The lowest BCUT2D eigenvalue weighted by Crippen LogP contribution is -2.40. The first-order chi connectivity index (χ1) is 12.0. The predicted octanol–water partition coefficient (Wildman–Crippen LogP) is 3.36. The monoisotopic (exact) mass is 365 g/mol. The third-order valence-corrected chi connectivity index (χ3v) is 4.78. The zero-order chi connectivity index (χ0) is 18.2. The molecule has 2 atom stereocenters. The van der Waals surface area contributed by atoms with E-state index in [0.717, 1.165) is 42.8 Å². The van der Waals surface area contributed by atoms with Crippen LogP contribution in [0.4, 0.5) is 5.69 Å². The van der Waals surface area contributed by atoms with E-state index in [2.05, 4.69) is 29.4 Å². The molecule has 1 heterocycles. The molecule has 0 saturated carbocycles. The third-order valence-electron chi connectivity index (χ3n) is 4.54. The fraction of sp³-hybridized carbons (Fsp3) is 0.632. The Morgan fingerprint density at radius 1 is 1.20 bits per heavy atom. The zero-order valence-electron chi connectivity index (χ0n) is 15.8. The van der Waals surface area contributed by atoms with Gasteiger partial charge in [0.25, 0.3) is 0 Å². The largest absolute Gasteiger partial charge is 0.497 e. The number of likely N-dealkylation sites (tertiary alicyclic amines) is 1. The van der Waals surface area contributed by atoms with Gasteiger partial charge in [-0.3, -0.25) is 0 Å². The normalized spacial score (nSPS) is 20.8. The smallest absolute Gasteiger partial charge is 0.170 e. The number of methoxy groups -OCH3 is 2. The van der Waals surface area contributed by atoms with Crippen LogP contribution in [0.25, 0.3) is 0 Å². The van der Waals surface area contributed by atoms with Crippen LogP contribution in [0.2, 0.25) is 0 Å². The van der Waals surface area contributed by atoms with E-state index in [1.54, 1.807) is 14.2 Å². The van der Waals surface area contributed by atoms with Gasteiger partial charge in [0.1, 0.15) is 11.5 Å². The lowest BCUT2D eigenvalue weighted by Gasteiger charge is -2.35. The van der Waals surface area contributed by atoms with E-state index in [1.807, 2.05) is 18.2 Å². The minimum atomic E-state index is 0.615. The summed E-state index contributed by atoms with van der Waals surface area (Å²) >= 11 is 5.39. The molecular weight excluding hydrogens is 334 g/mol. The van der Waals surface area contributed by atoms with Crippen LogP contribution in [-0.4, -0.2) is 50.4 Å². The van der Waals surface area contributed by atoms with E-state index in [9.17, 15) is 0 Å². The standard InChI is InChI=1S/C19H31N3O2S/c1-14-10-15(2)13-22(12-14)9-5-8-20-19(25)21-17-7-6-16(23-3)11-18(17)24-4/h6-7,11,14-15H,5,8-10,12-13H2,1-4H3,(H2,20,21,25)/t14-,15-/m0/s1. The van der Waals surface area contributed by atoms with Gasteiger partial charge in [0.2, 0.25) is 0 Å². The Labute approximate surface area is 157 Å². The van der Waals surface area contributed by atoms with Crippen molar-refractivity contribution in [2.75, 3.05) is 45.7 Å². The Balaban J connectivity index is 1.72. The molecule has 0 aromatic heterocycles. The highest BCUT2D eigenvalue weighted by molar-refractivity contribution is 7.80. The first-order valence-corrected chi connectivity index (χ1v) is 9.42. The van der Waals surface area contributed by atoms with Crippen molar-refractivity contribution >= 4 is 23.0 Å². The van der Waals surface area contributed by atoms with Crippen LogP contribution in [0.3, 0.4) is 0 Å². The molecule has 0 spiro atoms. The van der Waals surface area contributed by atoms with Crippen molar-refractivity contribution in [3.8, 4) is 11.5 Å². The second kappa shape index (κ2) is 9.82. The van der Waals surface area contributed by atoms with E-state index >= 15 is 0 Å². The summed E-state index contributed by atoms with van der Waals surface area (Å²) in [4.78, 5) is 2.57. The lowest BCUT2D eigenvalue weighted by molar-refractivity contribution is 0.140. The van der Waals surface area contributed by atoms with Crippen molar-refractivity contribution in [1.29, 1.82) is 0 Å². The van der Waals surface area contributed by atoms with Crippen LogP contribution in [0.15, 0.2) is 18.2 Å². The summed E-state index contributed by atoms with van der Waals surface area (Å²) < 4.78 is 10.6. The topological polar surface area (TPSA) is 45.8 Å². The SMILES string of the molecule is COc1ccc(NC(=S)NCCCN2C[C@@H](C)C[C@H](C)C2)c(OC)c1. The van der Waals surface area contributed by atoms with E-state index in [0.29, 0.717) is 10.9 Å². The average molecular weight is 366 g/mol. The molecule has 1 aromatic carbocycles. The molecule has 2 rings (SSSR count). The molecule has 1 aromatic rings. The molecule has 5 nitrogen and oxygen atoms in total. The Hall–Kier alpha value is -1.53. The van der Waals surface area contributed by atoms with Crippen LogP contribution in [-0.2, 0) is 0 Å². The number of hydrogen-bond acceptors (Lipinski definition) is 4. The van der Waals surface area contributed by atoms with E-state index in [4.69, 9.17) is 21.7 Å². The van der Waals surface area contributed by atoms with Crippen molar-refractivity contribution < 1.29 is 9.47 Å². The maximum Gasteiger partial charge on any atom is 0.170 e. The molecule has 1 aliphatic rings. The minimum absolute atomic E-state index is 0.615. The van der Waals surface area contributed by atoms with Crippen LogP contribution >= 0.6 is 12.2 Å². The zero-order valence-corrected chi connectivity index (χ0v) is 16.6. The van der Waals surface area contributed by atoms with Crippen LogP contribution in [0.5, 0.6) is 11.5 Å². The van der Waals surface area contributed by atoms with Gasteiger partial charge in [-0.15, -0.1) is 0 Å².